The van der Waals surface area contributed by atoms with Crippen molar-refractivity contribution in [3.63, 3.8) is 0 Å². The van der Waals surface area contributed by atoms with Gasteiger partial charge in [0, 0.05) is 12.7 Å². The second-order valence-corrected chi connectivity index (χ2v) is 4.02. The summed E-state index contributed by atoms with van der Waals surface area (Å²) in [4.78, 5) is 8.59. The molecule has 0 unspecified atom stereocenters. The van der Waals surface area contributed by atoms with Crippen molar-refractivity contribution >= 4 is 17.5 Å². The van der Waals surface area contributed by atoms with E-state index in [1.807, 2.05) is 30.3 Å². The second-order valence-electron chi connectivity index (χ2n) is 4.02. The fourth-order valence-corrected chi connectivity index (χ4v) is 1.64. The van der Waals surface area contributed by atoms with Crippen molar-refractivity contribution in [1.29, 1.82) is 0 Å². The fraction of sp³-hybridized carbons (Fsp3) is 0.286. The molecule has 0 aliphatic rings. The van der Waals surface area contributed by atoms with Gasteiger partial charge in [0.2, 0.25) is 5.95 Å². The molecule has 0 bridgehead atoms. The van der Waals surface area contributed by atoms with Crippen molar-refractivity contribution in [2.75, 3.05) is 24.3 Å². The van der Waals surface area contributed by atoms with Gasteiger partial charge >= 0.3 is 0 Å². The van der Waals surface area contributed by atoms with Gasteiger partial charge in [-0.1, -0.05) is 19.1 Å². The van der Waals surface area contributed by atoms with Gasteiger partial charge in [0.15, 0.2) is 0 Å². The van der Waals surface area contributed by atoms with E-state index in [1.54, 1.807) is 13.3 Å². The van der Waals surface area contributed by atoms with E-state index in [1.165, 1.54) is 0 Å². The van der Waals surface area contributed by atoms with E-state index < -0.39 is 0 Å². The molecule has 1 heterocycles. The summed E-state index contributed by atoms with van der Waals surface area (Å²) in [7, 11) is 1.64. The lowest BCUT2D eigenvalue weighted by Crippen LogP contribution is -2.05. The van der Waals surface area contributed by atoms with Crippen molar-refractivity contribution in [2.24, 2.45) is 0 Å². The third kappa shape index (κ3) is 3.58. The molecule has 0 aliphatic heterocycles. The number of ether oxygens (including phenoxy) is 1. The molecular weight excluding hydrogens is 240 g/mol. The standard InChI is InChI=1S/C14H18N4O/c1-3-9-15-13-8-10-16-14(18-13)17-11-6-4-5-7-12(11)19-2/h4-8,10H,3,9H2,1-2H3,(H2,15,16,17,18). The van der Waals surface area contributed by atoms with Gasteiger partial charge in [0.05, 0.1) is 12.8 Å². The smallest absolute Gasteiger partial charge is 0.229 e. The minimum Gasteiger partial charge on any atom is -0.495 e. The molecule has 100 valence electrons. The quantitative estimate of drug-likeness (QED) is 0.834. The summed E-state index contributed by atoms with van der Waals surface area (Å²) in [5.74, 6) is 2.12. The molecule has 2 N–H and O–H groups in total. The summed E-state index contributed by atoms with van der Waals surface area (Å²) in [6, 6.07) is 9.52. The summed E-state index contributed by atoms with van der Waals surface area (Å²) >= 11 is 0. The van der Waals surface area contributed by atoms with Crippen LogP contribution in [0.2, 0.25) is 0 Å². The predicted octanol–water partition coefficient (Wildman–Crippen LogP) is 3.05. The minimum atomic E-state index is 0.547. The van der Waals surface area contributed by atoms with Crippen LogP contribution in [0.4, 0.5) is 17.5 Å². The van der Waals surface area contributed by atoms with E-state index in [4.69, 9.17) is 4.74 Å². The molecular formula is C14H18N4O. The van der Waals surface area contributed by atoms with Crippen LogP contribution in [0, 0.1) is 0 Å². The molecule has 0 aliphatic carbocycles. The Balaban J connectivity index is 2.14. The first kappa shape index (κ1) is 13.1. The zero-order valence-electron chi connectivity index (χ0n) is 11.2. The molecule has 2 aromatic rings. The summed E-state index contributed by atoms with van der Waals surface area (Å²) in [6.45, 7) is 3.01. The molecule has 1 aromatic carbocycles. The Morgan fingerprint density at radius 1 is 1.21 bits per heavy atom. The maximum atomic E-state index is 5.28. The largest absolute Gasteiger partial charge is 0.495 e. The number of anilines is 3. The average Bonchev–Trinajstić information content (AvgIpc) is 2.46. The Bertz CT molecular complexity index is 530. The number of para-hydroxylation sites is 2. The minimum absolute atomic E-state index is 0.547. The lowest BCUT2D eigenvalue weighted by molar-refractivity contribution is 0.417. The number of hydrogen-bond acceptors (Lipinski definition) is 5. The molecule has 19 heavy (non-hydrogen) atoms. The van der Waals surface area contributed by atoms with Crippen LogP contribution in [0.25, 0.3) is 0 Å². The highest BCUT2D eigenvalue weighted by molar-refractivity contribution is 5.62. The van der Waals surface area contributed by atoms with Crippen molar-refractivity contribution in [3.8, 4) is 5.75 Å². The molecule has 0 spiro atoms. The van der Waals surface area contributed by atoms with Gasteiger partial charge in [-0.2, -0.15) is 4.98 Å². The molecule has 1 aromatic heterocycles. The third-order valence-electron chi connectivity index (χ3n) is 2.57. The maximum absolute atomic E-state index is 5.28. The first-order chi connectivity index (χ1) is 9.33. The van der Waals surface area contributed by atoms with Crippen molar-refractivity contribution in [3.05, 3.63) is 36.5 Å². The Labute approximate surface area is 113 Å². The van der Waals surface area contributed by atoms with Crippen molar-refractivity contribution in [2.45, 2.75) is 13.3 Å². The number of nitrogens with zero attached hydrogens (tertiary/aromatic N) is 2. The van der Waals surface area contributed by atoms with Crippen LogP contribution in [0.3, 0.4) is 0 Å². The maximum Gasteiger partial charge on any atom is 0.229 e. The first-order valence-electron chi connectivity index (χ1n) is 6.30. The van der Waals surface area contributed by atoms with Crippen LogP contribution >= 0.6 is 0 Å². The molecule has 5 nitrogen and oxygen atoms in total. The van der Waals surface area contributed by atoms with Crippen molar-refractivity contribution < 1.29 is 4.74 Å². The van der Waals surface area contributed by atoms with E-state index >= 15 is 0 Å². The number of rotatable bonds is 6. The van der Waals surface area contributed by atoms with E-state index in [-0.39, 0.29) is 0 Å². The Kier molecular flexibility index (Phi) is 4.55. The van der Waals surface area contributed by atoms with Crippen LogP contribution in [0.1, 0.15) is 13.3 Å². The molecule has 0 amide bonds. The lowest BCUT2D eigenvalue weighted by atomic mass is 10.3. The van der Waals surface area contributed by atoms with Crippen LogP contribution in [0.15, 0.2) is 36.5 Å². The molecule has 5 heteroatoms. The van der Waals surface area contributed by atoms with Crippen LogP contribution in [0.5, 0.6) is 5.75 Å². The van der Waals surface area contributed by atoms with Gasteiger partial charge < -0.3 is 15.4 Å². The SMILES string of the molecule is CCCNc1ccnc(Nc2ccccc2OC)n1. The van der Waals surface area contributed by atoms with E-state index in [2.05, 4.69) is 27.5 Å². The fourth-order valence-electron chi connectivity index (χ4n) is 1.64. The van der Waals surface area contributed by atoms with Gasteiger partial charge in [-0.15, -0.1) is 0 Å². The predicted molar refractivity (Wildman–Crippen MR) is 77.1 cm³/mol. The summed E-state index contributed by atoms with van der Waals surface area (Å²) < 4.78 is 5.28. The zero-order chi connectivity index (χ0) is 13.5. The second kappa shape index (κ2) is 6.58. The molecule has 2 rings (SSSR count). The molecule has 0 radical (unpaired) electrons. The highest BCUT2D eigenvalue weighted by Crippen LogP contribution is 2.25. The van der Waals surface area contributed by atoms with Gasteiger partial charge in [-0.3, -0.25) is 0 Å². The lowest BCUT2D eigenvalue weighted by Gasteiger charge is -2.10. The van der Waals surface area contributed by atoms with Gasteiger partial charge in [-0.05, 0) is 24.6 Å². The normalized spacial score (nSPS) is 10.0. The topological polar surface area (TPSA) is 59.1 Å². The highest BCUT2D eigenvalue weighted by atomic mass is 16.5. The van der Waals surface area contributed by atoms with Gasteiger partial charge in [0.25, 0.3) is 0 Å². The molecule has 0 atom stereocenters. The first-order valence-corrected chi connectivity index (χ1v) is 6.30. The number of nitrogens with one attached hydrogen (secondary N) is 2. The Morgan fingerprint density at radius 2 is 2.05 bits per heavy atom. The molecule has 0 fully saturated rings. The summed E-state index contributed by atoms with van der Waals surface area (Å²) in [6.07, 6.45) is 2.78. The van der Waals surface area contributed by atoms with Crippen LogP contribution < -0.4 is 15.4 Å². The van der Waals surface area contributed by atoms with Gasteiger partial charge in [0.1, 0.15) is 11.6 Å². The Hall–Kier alpha value is -2.30. The number of methoxy groups -OCH3 is 1. The zero-order valence-corrected chi connectivity index (χ0v) is 11.2. The molecule has 0 saturated carbocycles. The van der Waals surface area contributed by atoms with Gasteiger partial charge in [-0.25, -0.2) is 4.98 Å². The van der Waals surface area contributed by atoms with Crippen LogP contribution in [-0.2, 0) is 0 Å². The van der Waals surface area contributed by atoms with Crippen LogP contribution in [-0.4, -0.2) is 23.6 Å². The van der Waals surface area contributed by atoms with Crippen molar-refractivity contribution in [1.82, 2.24) is 9.97 Å². The number of aromatic nitrogens is 2. The number of hydrogen-bond donors (Lipinski definition) is 2. The number of benzene rings is 1. The third-order valence-corrected chi connectivity index (χ3v) is 2.57. The van der Waals surface area contributed by atoms with E-state index in [9.17, 15) is 0 Å². The monoisotopic (exact) mass is 258 g/mol. The average molecular weight is 258 g/mol. The molecule has 0 saturated heterocycles. The Morgan fingerprint density at radius 3 is 2.84 bits per heavy atom. The summed E-state index contributed by atoms with van der Waals surface area (Å²) in [5, 5.41) is 6.38. The summed E-state index contributed by atoms with van der Waals surface area (Å²) in [5.41, 5.74) is 0.845. The van der Waals surface area contributed by atoms with E-state index in [0.29, 0.717) is 5.95 Å². The highest BCUT2D eigenvalue weighted by Gasteiger charge is 2.04. The van der Waals surface area contributed by atoms with E-state index in [0.717, 1.165) is 30.2 Å².